The molecule has 0 spiro atoms. The molecule has 0 fully saturated rings. The van der Waals surface area contributed by atoms with Gasteiger partial charge in [-0.15, -0.1) is 0 Å². The van der Waals surface area contributed by atoms with Crippen molar-refractivity contribution in [3.8, 4) is 0 Å². The molecule has 0 heterocycles. The zero-order chi connectivity index (χ0) is 11.7. The molecule has 0 unspecified atom stereocenters. The fraction of sp³-hybridized carbons (Fsp3) is 0.909. The van der Waals surface area contributed by atoms with Crippen LogP contribution in [0.5, 0.6) is 0 Å². The Morgan fingerprint density at radius 2 is 2.00 bits per heavy atom. The summed E-state index contributed by atoms with van der Waals surface area (Å²) in [6.07, 6.45) is 1.94. The van der Waals surface area contributed by atoms with Gasteiger partial charge < -0.3 is 15.4 Å². The molecule has 0 saturated carbocycles. The number of rotatable bonds is 8. The van der Waals surface area contributed by atoms with Gasteiger partial charge in [0, 0.05) is 20.3 Å². The molecule has 4 heteroatoms. The molecule has 0 bridgehead atoms. The molecule has 0 aliphatic rings. The predicted molar refractivity (Wildman–Crippen MR) is 61.9 cm³/mol. The summed E-state index contributed by atoms with van der Waals surface area (Å²) >= 11 is 0. The fourth-order valence-electron chi connectivity index (χ4n) is 1.32. The van der Waals surface area contributed by atoms with Gasteiger partial charge in [-0.05, 0) is 33.2 Å². The zero-order valence-electron chi connectivity index (χ0n) is 10.4. The third-order valence-electron chi connectivity index (χ3n) is 2.25. The Morgan fingerprint density at radius 3 is 2.53 bits per heavy atom. The lowest BCUT2D eigenvalue weighted by Gasteiger charge is -2.24. The Hall–Kier alpha value is -0.610. The Bertz CT molecular complexity index is 181. The minimum Gasteiger partial charge on any atom is -0.385 e. The topological polar surface area (TPSA) is 50.4 Å². The lowest BCUT2D eigenvalue weighted by Crippen LogP contribution is -2.52. The molecule has 2 N–H and O–H groups in total. The molecule has 0 rings (SSSR count). The van der Waals surface area contributed by atoms with E-state index in [2.05, 4.69) is 10.6 Å². The van der Waals surface area contributed by atoms with Gasteiger partial charge in [0.1, 0.15) is 0 Å². The molecule has 4 nitrogen and oxygen atoms in total. The van der Waals surface area contributed by atoms with E-state index in [0.29, 0.717) is 0 Å². The lowest BCUT2D eigenvalue weighted by atomic mass is 10.0. The number of methoxy groups -OCH3 is 1. The fourth-order valence-corrected chi connectivity index (χ4v) is 1.32. The van der Waals surface area contributed by atoms with Gasteiger partial charge in [-0.1, -0.05) is 6.92 Å². The normalized spacial score (nSPS) is 11.5. The highest BCUT2D eigenvalue weighted by molar-refractivity contribution is 5.85. The molecule has 0 saturated heterocycles. The Balaban J connectivity index is 3.64. The third-order valence-corrected chi connectivity index (χ3v) is 2.25. The molecule has 0 aromatic heterocycles. The summed E-state index contributed by atoms with van der Waals surface area (Å²) in [5.41, 5.74) is -0.476. The van der Waals surface area contributed by atoms with Crippen LogP contribution in [0, 0.1) is 0 Å². The maximum atomic E-state index is 11.7. The molecule has 0 atom stereocenters. The number of unbranched alkanes of at least 4 members (excludes halogenated alkanes) is 1. The minimum absolute atomic E-state index is 0.0572. The van der Waals surface area contributed by atoms with Gasteiger partial charge in [-0.3, -0.25) is 4.79 Å². The maximum absolute atomic E-state index is 11.7. The van der Waals surface area contributed by atoms with Gasteiger partial charge in [0.25, 0.3) is 0 Å². The first-order chi connectivity index (χ1) is 7.04. The van der Waals surface area contributed by atoms with Crippen molar-refractivity contribution in [3.05, 3.63) is 0 Å². The summed E-state index contributed by atoms with van der Waals surface area (Å²) in [6, 6.07) is 0. The quantitative estimate of drug-likeness (QED) is 0.593. The molecular formula is C11H24N2O2. The first kappa shape index (κ1) is 14.4. The van der Waals surface area contributed by atoms with Gasteiger partial charge in [-0.25, -0.2) is 0 Å². The number of carbonyl (C=O) groups excluding carboxylic acids is 1. The van der Waals surface area contributed by atoms with Gasteiger partial charge in [0.15, 0.2) is 0 Å². The van der Waals surface area contributed by atoms with Gasteiger partial charge in [-0.2, -0.15) is 0 Å². The van der Waals surface area contributed by atoms with E-state index < -0.39 is 5.54 Å². The van der Waals surface area contributed by atoms with Gasteiger partial charge in [0.2, 0.25) is 5.91 Å². The van der Waals surface area contributed by atoms with Crippen LogP contribution in [0.3, 0.4) is 0 Å². The van der Waals surface area contributed by atoms with Crippen LogP contribution in [0.25, 0.3) is 0 Å². The average Bonchev–Trinajstić information content (AvgIpc) is 2.17. The molecule has 0 radical (unpaired) electrons. The summed E-state index contributed by atoms with van der Waals surface area (Å²) in [7, 11) is 1.69. The standard InChI is InChI=1S/C11H24N2O2/c1-5-13-11(2,3)10(14)12-8-6-7-9-15-4/h13H,5-9H2,1-4H3,(H,12,14). The first-order valence-corrected chi connectivity index (χ1v) is 5.57. The largest absolute Gasteiger partial charge is 0.385 e. The summed E-state index contributed by atoms with van der Waals surface area (Å²) in [5.74, 6) is 0.0572. The number of ether oxygens (including phenoxy) is 1. The van der Waals surface area contributed by atoms with Crippen LogP contribution in [-0.4, -0.2) is 38.3 Å². The second-order valence-corrected chi connectivity index (χ2v) is 4.11. The van der Waals surface area contributed by atoms with Crippen molar-refractivity contribution in [2.45, 2.75) is 39.2 Å². The van der Waals surface area contributed by atoms with Crippen molar-refractivity contribution < 1.29 is 9.53 Å². The molecule has 0 aliphatic carbocycles. The summed E-state index contributed by atoms with van der Waals surface area (Å²) in [6.45, 7) is 8.04. The molecule has 90 valence electrons. The van der Waals surface area contributed by atoms with E-state index in [0.717, 1.165) is 32.5 Å². The van der Waals surface area contributed by atoms with Crippen LogP contribution < -0.4 is 10.6 Å². The highest BCUT2D eigenvalue weighted by Crippen LogP contribution is 2.01. The molecule has 0 aromatic carbocycles. The predicted octanol–water partition coefficient (Wildman–Crippen LogP) is 0.917. The molecule has 15 heavy (non-hydrogen) atoms. The Morgan fingerprint density at radius 1 is 1.33 bits per heavy atom. The summed E-state index contributed by atoms with van der Waals surface area (Å²) in [4.78, 5) is 11.7. The molecule has 1 amide bonds. The van der Waals surface area contributed by atoms with Crippen LogP contribution in [-0.2, 0) is 9.53 Å². The van der Waals surface area contributed by atoms with Gasteiger partial charge >= 0.3 is 0 Å². The molecular weight excluding hydrogens is 192 g/mol. The van der Waals surface area contributed by atoms with E-state index in [9.17, 15) is 4.79 Å². The number of carbonyl (C=O) groups is 1. The number of hydrogen-bond acceptors (Lipinski definition) is 3. The van der Waals surface area contributed by atoms with E-state index in [4.69, 9.17) is 4.74 Å². The zero-order valence-corrected chi connectivity index (χ0v) is 10.4. The van der Waals surface area contributed by atoms with Crippen LogP contribution >= 0.6 is 0 Å². The minimum atomic E-state index is -0.476. The van der Waals surface area contributed by atoms with Crippen molar-refractivity contribution >= 4 is 5.91 Å². The van der Waals surface area contributed by atoms with Crippen LogP contribution in [0.4, 0.5) is 0 Å². The molecule has 0 aliphatic heterocycles. The van der Waals surface area contributed by atoms with Gasteiger partial charge in [0.05, 0.1) is 5.54 Å². The highest BCUT2D eigenvalue weighted by atomic mass is 16.5. The third kappa shape index (κ3) is 6.47. The monoisotopic (exact) mass is 216 g/mol. The van der Waals surface area contributed by atoms with Crippen LogP contribution in [0.2, 0.25) is 0 Å². The molecule has 0 aromatic rings. The van der Waals surface area contributed by atoms with E-state index in [1.165, 1.54) is 0 Å². The number of likely N-dealkylation sites (N-methyl/N-ethyl adjacent to an activating group) is 1. The van der Waals surface area contributed by atoms with Crippen LogP contribution in [0.1, 0.15) is 33.6 Å². The highest BCUT2D eigenvalue weighted by Gasteiger charge is 2.25. The van der Waals surface area contributed by atoms with Crippen molar-refractivity contribution in [2.75, 3.05) is 26.8 Å². The number of amides is 1. The second-order valence-electron chi connectivity index (χ2n) is 4.11. The van der Waals surface area contributed by atoms with E-state index in [1.807, 2.05) is 20.8 Å². The Kier molecular flexibility index (Phi) is 7.34. The van der Waals surface area contributed by atoms with Crippen molar-refractivity contribution in [2.24, 2.45) is 0 Å². The van der Waals surface area contributed by atoms with E-state index >= 15 is 0 Å². The van der Waals surface area contributed by atoms with E-state index in [-0.39, 0.29) is 5.91 Å². The number of hydrogen-bond donors (Lipinski definition) is 2. The second kappa shape index (κ2) is 7.65. The van der Waals surface area contributed by atoms with Crippen molar-refractivity contribution in [1.82, 2.24) is 10.6 Å². The Labute approximate surface area is 92.8 Å². The maximum Gasteiger partial charge on any atom is 0.239 e. The SMILES string of the molecule is CCNC(C)(C)C(=O)NCCCCOC. The smallest absolute Gasteiger partial charge is 0.239 e. The summed E-state index contributed by atoms with van der Waals surface area (Å²) < 4.78 is 4.93. The first-order valence-electron chi connectivity index (χ1n) is 5.57. The van der Waals surface area contributed by atoms with Crippen molar-refractivity contribution in [3.63, 3.8) is 0 Å². The van der Waals surface area contributed by atoms with Crippen LogP contribution in [0.15, 0.2) is 0 Å². The van der Waals surface area contributed by atoms with Crippen molar-refractivity contribution in [1.29, 1.82) is 0 Å². The average molecular weight is 216 g/mol. The summed E-state index contributed by atoms with van der Waals surface area (Å²) in [5, 5.41) is 6.05. The lowest BCUT2D eigenvalue weighted by molar-refractivity contribution is -0.126. The van der Waals surface area contributed by atoms with E-state index in [1.54, 1.807) is 7.11 Å². The number of nitrogens with one attached hydrogen (secondary N) is 2.